The third-order valence-electron chi connectivity index (χ3n) is 4.07. The number of ether oxygens (including phenoxy) is 1. The van der Waals surface area contributed by atoms with Gasteiger partial charge in [0.1, 0.15) is 17.3 Å². The van der Waals surface area contributed by atoms with Gasteiger partial charge in [-0.2, -0.15) is 0 Å². The van der Waals surface area contributed by atoms with Crippen LogP contribution in [0.4, 0.5) is 0 Å². The Morgan fingerprint density at radius 2 is 2.35 bits per heavy atom. The molecule has 0 aromatic carbocycles. The van der Waals surface area contributed by atoms with Crippen molar-refractivity contribution in [2.45, 2.75) is 33.2 Å². The molecule has 0 bridgehead atoms. The number of amides is 1. The maximum absolute atomic E-state index is 12.3. The lowest BCUT2D eigenvalue weighted by Crippen LogP contribution is -2.30. The van der Waals surface area contributed by atoms with Crippen molar-refractivity contribution in [3.63, 3.8) is 0 Å². The monoisotopic (exact) mass is 314 g/mol. The van der Waals surface area contributed by atoms with Crippen LogP contribution < -0.4 is 10.1 Å². The number of aromatic nitrogens is 3. The Morgan fingerprint density at radius 3 is 3.13 bits per heavy atom. The average Bonchev–Trinajstić information content (AvgIpc) is 2.97. The Labute approximate surface area is 135 Å². The first-order valence-electron chi connectivity index (χ1n) is 8.01. The molecule has 0 saturated heterocycles. The van der Waals surface area contributed by atoms with Gasteiger partial charge in [-0.25, -0.2) is 9.97 Å². The summed E-state index contributed by atoms with van der Waals surface area (Å²) in [4.78, 5) is 20.7. The summed E-state index contributed by atoms with van der Waals surface area (Å²) in [5.41, 5.74) is 1.53. The lowest BCUT2D eigenvalue weighted by Gasteiger charge is -2.17. The molecule has 1 aliphatic heterocycles. The molecule has 3 heterocycles. The first-order chi connectivity index (χ1) is 11.1. The van der Waals surface area contributed by atoms with Crippen LogP contribution in [0.3, 0.4) is 0 Å². The molecular formula is C17H22N4O2. The first kappa shape index (κ1) is 15.5. The number of nitrogens with one attached hydrogen (secondary N) is 1. The average molecular weight is 314 g/mol. The van der Waals surface area contributed by atoms with Gasteiger partial charge in [0, 0.05) is 25.5 Å². The van der Waals surface area contributed by atoms with Crippen molar-refractivity contribution in [1.82, 2.24) is 19.9 Å². The van der Waals surface area contributed by atoms with E-state index < -0.39 is 0 Å². The maximum Gasteiger partial charge on any atom is 0.269 e. The van der Waals surface area contributed by atoms with Gasteiger partial charge in [-0.05, 0) is 37.3 Å². The van der Waals surface area contributed by atoms with Crippen molar-refractivity contribution in [2.75, 3.05) is 13.2 Å². The van der Waals surface area contributed by atoms with E-state index in [2.05, 4.69) is 26.8 Å². The molecule has 6 heteroatoms. The molecule has 1 amide bonds. The van der Waals surface area contributed by atoms with Crippen molar-refractivity contribution >= 4 is 5.91 Å². The largest absolute Gasteiger partial charge is 0.492 e. The molecule has 3 rings (SSSR count). The quantitative estimate of drug-likeness (QED) is 0.916. The third-order valence-corrected chi connectivity index (χ3v) is 4.07. The van der Waals surface area contributed by atoms with E-state index in [0.29, 0.717) is 18.2 Å². The van der Waals surface area contributed by atoms with Crippen LogP contribution in [0.1, 0.15) is 35.2 Å². The van der Waals surface area contributed by atoms with Gasteiger partial charge in [0.05, 0.1) is 12.8 Å². The van der Waals surface area contributed by atoms with Gasteiger partial charge in [0.2, 0.25) is 0 Å². The van der Waals surface area contributed by atoms with Gasteiger partial charge in [-0.15, -0.1) is 0 Å². The van der Waals surface area contributed by atoms with E-state index in [-0.39, 0.29) is 5.91 Å². The minimum atomic E-state index is -0.132. The molecule has 122 valence electrons. The van der Waals surface area contributed by atoms with E-state index in [0.717, 1.165) is 43.1 Å². The zero-order valence-corrected chi connectivity index (χ0v) is 13.6. The fourth-order valence-corrected chi connectivity index (χ4v) is 2.73. The Kier molecular flexibility index (Phi) is 4.60. The Hall–Kier alpha value is -2.37. The predicted molar refractivity (Wildman–Crippen MR) is 86.5 cm³/mol. The molecule has 2 aromatic rings. The second-order valence-corrected chi connectivity index (χ2v) is 6.07. The molecule has 0 radical (unpaired) electrons. The van der Waals surface area contributed by atoms with E-state index in [1.165, 1.54) is 0 Å². The molecule has 23 heavy (non-hydrogen) atoms. The summed E-state index contributed by atoms with van der Waals surface area (Å²) in [6.07, 6.45) is 7.33. The van der Waals surface area contributed by atoms with Crippen LogP contribution in [-0.4, -0.2) is 33.6 Å². The van der Waals surface area contributed by atoms with Crippen LogP contribution >= 0.6 is 0 Å². The summed E-state index contributed by atoms with van der Waals surface area (Å²) in [5, 5.41) is 2.96. The molecule has 1 N–H and O–H groups in total. The smallest absolute Gasteiger partial charge is 0.269 e. The van der Waals surface area contributed by atoms with Crippen LogP contribution in [-0.2, 0) is 13.0 Å². The minimum Gasteiger partial charge on any atom is -0.492 e. The molecule has 2 aromatic heterocycles. The summed E-state index contributed by atoms with van der Waals surface area (Å²) in [7, 11) is 0. The highest BCUT2D eigenvalue weighted by molar-refractivity contribution is 5.92. The second kappa shape index (κ2) is 6.81. The molecule has 0 unspecified atom stereocenters. The maximum atomic E-state index is 12.3. The number of hydrogen-bond acceptors (Lipinski definition) is 4. The predicted octanol–water partition coefficient (Wildman–Crippen LogP) is 1.98. The van der Waals surface area contributed by atoms with Gasteiger partial charge in [0.25, 0.3) is 5.91 Å². The summed E-state index contributed by atoms with van der Waals surface area (Å²) < 4.78 is 7.61. The van der Waals surface area contributed by atoms with Gasteiger partial charge in [-0.1, -0.05) is 6.92 Å². The van der Waals surface area contributed by atoms with Crippen molar-refractivity contribution in [2.24, 2.45) is 5.92 Å². The van der Waals surface area contributed by atoms with E-state index >= 15 is 0 Å². The van der Waals surface area contributed by atoms with Crippen molar-refractivity contribution < 1.29 is 9.53 Å². The number of aryl methyl sites for hydroxylation is 2. The standard InChI is InChI=1S/C17H22N4O2/c1-12(11-21-6-5-18-13(21)2)9-20-17(22)15-8-14-4-3-7-23-16(14)10-19-15/h5-6,8,10,12H,3-4,7,9,11H2,1-2H3,(H,20,22)/t12-/m0/s1. The number of carbonyl (C=O) groups is 1. The molecule has 0 spiro atoms. The zero-order valence-electron chi connectivity index (χ0n) is 13.6. The van der Waals surface area contributed by atoms with E-state index in [9.17, 15) is 4.79 Å². The van der Waals surface area contributed by atoms with Crippen LogP contribution in [0.5, 0.6) is 5.75 Å². The molecule has 1 aliphatic rings. The van der Waals surface area contributed by atoms with Crippen LogP contribution in [0.15, 0.2) is 24.7 Å². The topological polar surface area (TPSA) is 69.0 Å². The van der Waals surface area contributed by atoms with Crippen molar-refractivity contribution in [3.8, 4) is 5.75 Å². The number of pyridine rings is 1. The van der Waals surface area contributed by atoms with E-state index in [1.54, 1.807) is 12.4 Å². The molecule has 1 atom stereocenters. The minimum absolute atomic E-state index is 0.132. The fourth-order valence-electron chi connectivity index (χ4n) is 2.73. The number of rotatable bonds is 5. The highest BCUT2D eigenvalue weighted by atomic mass is 16.5. The molecule has 0 aliphatic carbocycles. The highest BCUT2D eigenvalue weighted by Crippen LogP contribution is 2.23. The second-order valence-electron chi connectivity index (χ2n) is 6.07. The van der Waals surface area contributed by atoms with Gasteiger partial charge >= 0.3 is 0 Å². The number of imidazole rings is 1. The molecular weight excluding hydrogens is 292 g/mol. The molecule has 6 nitrogen and oxygen atoms in total. The van der Waals surface area contributed by atoms with Crippen molar-refractivity contribution in [1.29, 1.82) is 0 Å². The Morgan fingerprint density at radius 1 is 1.48 bits per heavy atom. The Bertz CT molecular complexity index is 696. The SMILES string of the molecule is Cc1nccn1C[C@@H](C)CNC(=O)c1cc2c(cn1)OCCC2. The number of fused-ring (bicyclic) bond motifs is 1. The van der Waals surface area contributed by atoms with Crippen LogP contribution in [0.25, 0.3) is 0 Å². The zero-order chi connectivity index (χ0) is 16.2. The van der Waals surface area contributed by atoms with Gasteiger partial charge in [0.15, 0.2) is 0 Å². The van der Waals surface area contributed by atoms with Gasteiger partial charge in [-0.3, -0.25) is 4.79 Å². The Balaban J connectivity index is 1.56. The van der Waals surface area contributed by atoms with Gasteiger partial charge < -0.3 is 14.6 Å². The summed E-state index contributed by atoms with van der Waals surface area (Å²) in [5.74, 6) is 1.97. The lowest BCUT2D eigenvalue weighted by atomic mass is 10.1. The number of carbonyl (C=O) groups excluding carboxylic acids is 1. The summed E-state index contributed by atoms with van der Waals surface area (Å²) >= 11 is 0. The van der Waals surface area contributed by atoms with Crippen molar-refractivity contribution in [3.05, 3.63) is 41.7 Å². The normalized spacial score (nSPS) is 14.7. The summed E-state index contributed by atoms with van der Waals surface area (Å²) in [6, 6.07) is 1.84. The highest BCUT2D eigenvalue weighted by Gasteiger charge is 2.15. The van der Waals surface area contributed by atoms with E-state index in [1.807, 2.05) is 19.2 Å². The van der Waals surface area contributed by atoms with Crippen LogP contribution in [0, 0.1) is 12.8 Å². The number of hydrogen-bond donors (Lipinski definition) is 1. The number of nitrogens with zero attached hydrogens (tertiary/aromatic N) is 3. The lowest BCUT2D eigenvalue weighted by molar-refractivity contribution is 0.0941. The fraction of sp³-hybridized carbons (Fsp3) is 0.471. The molecule has 0 saturated carbocycles. The first-order valence-corrected chi connectivity index (χ1v) is 8.01. The molecule has 0 fully saturated rings. The third kappa shape index (κ3) is 3.70. The summed E-state index contributed by atoms with van der Waals surface area (Å²) in [6.45, 7) is 6.24. The van der Waals surface area contributed by atoms with E-state index in [4.69, 9.17) is 4.74 Å². The van der Waals surface area contributed by atoms with Crippen LogP contribution in [0.2, 0.25) is 0 Å².